The number of fused-ring (bicyclic) bond motifs is 5. The molecule has 3 heterocycles. The first-order valence-corrected chi connectivity index (χ1v) is 10.4. The van der Waals surface area contributed by atoms with E-state index in [2.05, 4.69) is 11.9 Å². The zero-order chi connectivity index (χ0) is 19.3. The van der Waals surface area contributed by atoms with E-state index in [1.54, 1.807) is 0 Å². The summed E-state index contributed by atoms with van der Waals surface area (Å²) in [6.45, 7) is 7.91. The highest BCUT2D eigenvalue weighted by atomic mass is 16.5. The van der Waals surface area contributed by atoms with Gasteiger partial charge in [-0.1, -0.05) is 19.1 Å². The molecule has 9 unspecified atom stereocenters. The molecule has 0 aromatic carbocycles. The number of carbonyl (C=O) groups excluding carboxylic acids is 1. The second kappa shape index (κ2) is 7.21. The van der Waals surface area contributed by atoms with E-state index in [1.165, 1.54) is 5.57 Å². The van der Waals surface area contributed by atoms with E-state index in [0.717, 1.165) is 25.9 Å². The van der Waals surface area contributed by atoms with Crippen molar-refractivity contribution in [3.63, 3.8) is 0 Å². The molecule has 6 nitrogen and oxygen atoms in total. The Morgan fingerprint density at radius 1 is 1.30 bits per heavy atom. The fourth-order valence-corrected chi connectivity index (χ4v) is 6.52. The Kier molecular flexibility index (Phi) is 5.06. The third kappa shape index (κ3) is 3.21. The molecule has 1 saturated carbocycles. The maximum absolute atomic E-state index is 12.6. The average Bonchev–Trinajstić information content (AvgIpc) is 3.12. The van der Waals surface area contributed by atoms with Gasteiger partial charge >= 0.3 is 11.9 Å². The van der Waals surface area contributed by atoms with Crippen LogP contribution in [0.4, 0.5) is 0 Å². The smallest absolute Gasteiger partial charge is 0.312 e. The van der Waals surface area contributed by atoms with E-state index in [4.69, 9.17) is 4.74 Å². The second-order valence-electron chi connectivity index (χ2n) is 9.16. The van der Waals surface area contributed by atoms with E-state index < -0.39 is 23.9 Å². The summed E-state index contributed by atoms with van der Waals surface area (Å²) < 4.78 is 5.82. The topological polar surface area (TPSA) is 95.9 Å². The number of rotatable bonds is 4. The van der Waals surface area contributed by atoms with Gasteiger partial charge in [0.1, 0.15) is 6.10 Å². The van der Waals surface area contributed by atoms with Crippen molar-refractivity contribution >= 4 is 11.9 Å². The molecule has 27 heavy (non-hydrogen) atoms. The Balaban J connectivity index is 1.60. The van der Waals surface area contributed by atoms with Gasteiger partial charge in [-0.3, -0.25) is 9.59 Å². The second-order valence-corrected chi connectivity index (χ2v) is 9.16. The van der Waals surface area contributed by atoms with Gasteiger partial charge < -0.3 is 20.3 Å². The lowest BCUT2D eigenvalue weighted by Gasteiger charge is -2.36. The Morgan fingerprint density at radius 3 is 2.74 bits per heavy atom. The van der Waals surface area contributed by atoms with Gasteiger partial charge in [-0.2, -0.15) is 0 Å². The van der Waals surface area contributed by atoms with Gasteiger partial charge in [-0.15, -0.1) is 0 Å². The van der Waals surface area contributed by atoms with Gasteiger partial charge in [0, 0.05) is 19.0 Å². The molecule has 9 atom stereocenters. The lowest BCUT2D eigenvalue weighted by molar-refractivity contribution is -0.156. The molecule has 4 rings (SSSR count). The van der Waals surface area contributed by atoms with Crippen LogP contribution in [0.15, 0.2) is 12.2 Å². The van der Waals surface area contributed by atoms with Crippen molar-refractivity contribution in [2.75, 3.05) is 13.1 Å². The maximum atomic E-state index is 12.6. The molecule has 0 radical (unpaired) electrons. The van der Waals surface area contributed by atoms with Crippen molar-refractivity contribution in [3.8, 4) is 0 Å². The first-order chi connectivity index (χ1) is 12.9. The molecule has 6 heteroatoms. The minimum atomic E-state index is -0.770. The van der Waals surface area contributed by atoms with E-state index in [9.17, 15) is 19.8 Å². The summed E-state index contributed by atoms with van der Waals surface area (Å²) >= 11 is 0. The van der Waals surface area contributed by atoms with E-state index in [-0.39, 0.29) is 35.7 Å². The number of hydrogen-bond donors (Lipinski definition) is 3. The van der Waals surface area contributed by atoms with Gasteiger partial charge in [0.05, 0.1) is 17.9 Å². The van der Waals surface area contributed by atoms with Gasteiger partial charge in [0.25, 0.3) is 0 Å². The van der Waals surface area contributed by atoms with Crippen LogP contribution in [0.25, 0.3) is 0 Å². The van der Waals surface area contributed by atoms with Gasteiger partial charge in [-0.25, -0.2) is 0 Å². The SMILES string of the molecule is C=C1CNCC1CCC1CC(C(=O)O)C2C(C)C3C(=O)OC(CCC3O)C12. The molecule has 1 aliphatic carbocycles. The van der Waals surface area contributed by atoms with Crippen molar-refractivity contribution in [1.82, 2.24) is 5.32 Å². The van der Waals surface area contributed by atoms with Gasteiger partial charge in [0.15, 0.2) is 0 Å². The summed E-state index contributed by atoms with van der Waals surface area (Å²) in [4.78, 5) is 24.6. The number of carboxylic acid groups (broad SMARTS) is 1. The Morgan fingerprint density at radius 2 is 2.07 bits per heavy atom. The molecule has 0 aromatic rings. The standard InChI is InChI=1S/C21H31NO5/c1-10-8-22-9-13(10)4-3-12-7-14(20(24)25)17-11(2)18-15(23)5-6-16(19(12)17)27-21(18)26/h11-19,22-23H,1,3-9H2,2H3,(H,24,25). The molecule has 4 aliphatic rings. The Hall–Kier alpha value is -1.40. The predicted molar refractivity (Wildman–Crippen MR) is 98.7 cm³/mol. The molecular weight excluding hydrogens is 346 g/mol. The molecular formula is C21H31NO5. The number of aliphatic carboxylic acids is 1. The Bertz CT molecular complexity index is 634. The highest BCUT2D eigenvalue weighted by Gasteiger charge is 2.58. The summed E-state index contributed by atoms with van der Waals surface area (Å²) in [6, 6.07) is 0. The van der Waals surface area contributed by atoms with Crippen LogP contribution in [-0.2, 0) is 14.3 Å². The number of ether oxygens (including phenoxy) is 1. The molecule has 0 amide bonds. The lowest BCUT2D eigenvalue weighted by Crippen LogP contribution is -2.41. The number of carboxylic acids is 1. The third-order valence-electron chi connectivity index (χ3n) is 7.84. The molecule has 3 N–H and O–H groups in total. The van der Waals surface area contributed by atoms with Crippen LogP contribution >= 0.6 is 0 Å². The van der Waals surface area contributed by atoms with Crippen molar-refractivity contribution in [1.29, 1.82) is 0 Å². The number of hydrogen-bond acceptors (Lipinski definition) is 5. The third-order valence-corrected chi connectivity index (χ3v) is 7.84. The quantitative estimate of drug-likeness (QED) is 0.511. The van der Waals surface area contributed by atoms with Crippen LogP contribution in [0.2, 0.25) is 0 Å². The van der Waals surface area contributed by atoms with Crippen molar-refractivity contribution < 1.29 is 24.5 Å². The number of aliphatic hydroxyl groups excluding tert-OH is 1. The first-order valence-electron chi connectivity index (χ1n) is 10.4. The van der Waals surface area contributed by atoms with Crippen LogP contribution in [0, 0.1) is 41.4 Å². The van der Waals surface area contributed by atoms with Crippen LogP contribution in [0.1, 0.15) is 39.0 Å². The summed E-state index contributed by atoms with van der Waals surface area (Å²) in [5.41, 5.74) is 1.24. The molecule has 2 bridgehead atoms. The monoisotopic (exact) mass is 377 g/mol. The van der Waals surface area contributed by atoms with Gasteiger partial charge in [0.2, 0.25) is 0 Å². The minimum Gasteiger partial charge on any atom is -0.481 e. The van der Waals surface area contributed by atoms with E-state index >= 15 is 0 Å². The minimum absolute atomic E-state index is 0.0881. The van der Waals surface area contributed by atoms with Crippen LogP contribution in [0.3, 0.4) is 0 Å². The largest absolute Gasteiger partial charge is 0.481 e. The fraction of sp³-hybridized carbons (Fsp3) is 0.810. The zero-order valence-electron chi connectivity index (χ0n) is 16.0. The molecule has 4 fully saturated rings. The van der Waals surface area contributed by atoms with Crippen molar-refractivity contribution in [2.45, 2.75) is 51.2 Å². The zero-order valence-corrected chi connectivity index (χ0v) is 16.0. The fourth-order valence-electron chi connectivity index (χ4n) is 6.52. The molecule has 0 spiro atoms. The summed E-state index contributed by atoms with van der Waals surface area (Å²) in [7, 11) is 0. The maximum Gasteiger partial charge on any atom is 0.312 e. The van der Waals surface area contributed by atoms with Crippen LogP contribution in [-0.4, -0.2) is 47.4 Å². The van der Waals surface area contributed by atoms with Crippen molar-refractivity contribution in [2.24, 2.45) is 41.4 Å². The van der Waals surface area contributed by atoms with Crippen LogP contribution in [0.5, 0.6) is 0 Å². The highest BCUT2D eigenvalue weighted by molar-refractivity contribution is 5.76. The Labute approximate surface area is 160 Å². The van der Waals surface area contributed by atoms with E-state index in [1.807, 2.05) is 6.92 Å². The van der Waals surface area contributed by atoms with Crippen LogP contribution < -0.4 is 5.32 Å². The molecule has 3 saturated heterocycles. The summed E-state index contributed by atoms with van der Waals surface area (Å²) in [5.74, 6) is -1.63. The highest BCUT2D eigenvalue weighted by Crippen LogP contribution is 2.55. The number of aliphatic hydroxyl groups is 1. The normalized spacial score (nSPS) is 46.7. The summed E-state index contributed by atoms with van der Waals surface area (Å²) in [6.07, 6.45) is 2.82. The summed E-state index contributed by atoms with van der Waals surface area (Å²) in [5, 5.41) is 23.7. The first kappa shape index (κ1) is 18.9. The molecule has 150 valence electrons. The molecule has 0 aromatic heterocycles. The number of esters is 1. The van der Waals surface area contributed by atoms with Crippen molar-refractivity contribution in [3.05, 3.63) is 12.2 Å². The van der Waals surface area contributed by atoms with Gasteiger partial charge in [-0.05, 0) is 55.8 Å². The lowest BCUT2D eigenvalue weighted by atomic mass is 9.67. The average molecular weight is 377 g/mol. The molecule has 3 aliphatic heterocycles. The van der Waals surface area contributed by atoms with E-state index in [0.29, 0.717) is 25.2 Å². The predicted octanol–water partition coefficient (Wildman–Crippen LogP) is 1.83. The number of carbonyl (C=O) groups is 2. The number of nitrogens with one attached hydrogen (secondary N) is 1.